The van der Waals surface area contributed by atoms with Gasteiger partial charge in [0, 0.05) is 15.2 Å². The van der Waals surface area contributed by atoms with Gasteiger partial charge in [0.1, 0.15) is 0 Å². The van der Waals surface area contributed by atoms with E-state index in [1.807, 2.05) is 13.0 Å². The quantitative estimate of drug-likeness (QED) is 0.693. The summed E-state index contributed by atoms with van der Waals surface area (Å²) in [6, 6.07) is 2.04. The molecule has 1 aromatic rings. The number of thiophene rings is 1. The van der Waals surface area contributed by atoms with Crippen LogP contribution in [0.1, 0.15) is 11.8 Å². The topological polar surface area (TPSA) is 0 Å². The van der Waals surface area contributed by atoms with Crippen molar-refractivity contribution < 1.29 is 0 Å². The molecule has 1 heterocycles. The third-order valence-electron chi connectivity index (χ3n) is 1.23. The lowest BCUT2D eigenvalue weighted by Gasteiger charge is -1.92. The van der Waals surface area contributed by atoms with Crippen LogP contribution in [0, 0.1) is 0 Å². The normalized spacial score (nSPS) is 12.1. The first-order valence-electron chi connectivity index (χ1n) is 3.20. The van der Waals surface area contributed by atoms with Crippen molar-refractivity contribution in [2.75, 3.05) is 5.88 Å². The molecule has 0 spiro atoms. The lowest BCUT2D eigenvalue weighted by atomic mass is 10.3. The Morgan fingerprint density at radius 3 is 3.00 bits per heavy atom. The fourth-order valence-electron chi connectivity index (χ4n) is 0.671. The summed E-state index contributed by atoms with van der Waals surface area (Å²) in [6.45, 7) is 2.03. The van der Waals surface area contributed by atoms with E-state index < -0.39 is 0 Å². The van der Waals surface area contributed by atoms with Crippen molar-refractivity contribution in [3.63, 3.8) is 0 Å². The van der Waals surface area contributed by atoms with Gasteiger partial charge in [-0.1, -0.05) is 5.57 Å². The van der Waals surface area contributed by atoms with Gasteiger partial charge in [0.2, 0.25) is 0 Å². The highest BCUT2D eigenvalue weighted by Crippen LogP contribution is 2.25. The predicted octanol–water partition coefficient (Wildman–Crippen LogP) is 4.15. The van der Waals surface area contributed by atoms with Crippen molar-refractivity contribution >= 4 is 44.9 Å². The molecule has 0 aliphatic carbocycles. The third-order valence-corrected chi connectivity index (χ3v) is 3.47. The molecule has 0 aliphatic heterocycles. The Morgan fingerprint density at radius 2 is 2.55 bits per heavy atom. The van der Waals surface area contributed by atoms with Crippen LogP contribution in [0.25, 0.3) is 6.08 Å². The average molecular weight is 252 g/mol. The van der Waals surface area contributed by atoms with Crippen molar-refractivity contribution in [3.8, 4) is 0 Å². The SMILES string of the molecule is C/C(=C/c1sccc1Br)CCl. The Hall–Kier alpha value is 0.210. The number of alkyl halides is 1. The van der Waals surface area contributed by atoms with Crippen LogP contribution in [0.4, 0.5) is 0 Å². The molecule has 0 radical (unpaired) electrons. The van der Waals surface area contributed by atoms with E-state index in [0.29, 0.717) is 5.88 Å². The molecule has 1 aromatic heterocycles. The summed E-state index contributed by atoms with van der Waals surface area (Å²) in [5.74, 6) is 0.602. The van der Waals surface area contributed by atoms with Gasteiger partial charge in [-0.2, -0.15) is 0 Å². The maximum absolute atomic E-state index is 5.64. The first-order valence-corrected chi connectivity index (χ1v) is 5.41. The van der Waals surface area contributed by atoms with Gasteiger partial charge in [0.05, 0.1) is 0 Å². The van der Waals surface area contributed by atoms with Crippen molar-refractivity contribution in [3.05, 3.63) is 26.4 Å². The van der Waals surface area contributed by atoms with Crippen molar-refractivity contribution in [2.24, 2.45) is 0 Å². The zero-order chi connectivity index (χ0) is 8.27. The van der Waals surface area contributed by atoms with Crippen LogP contribution in [0.15, 0.2) is 21.5 Å². The number of hydrogen-bond donors (Lipinski definition) is 0. The molecule has 0 nitrogen and oxygen atoms in total. The Labute approximate surface area is 84.0 Å². The van der Waals surface area contributed by atoms with Crippen LogP contribution >= 0.6 is 38.9 Å². The van der Waals surface area contributed by atoms with Crippen LogP contribution in [0.5, 0.6) is 0 Å². The second-order valence-corrected chi connectivity index (χ2v) is 4.33. The van der Waals surface area contributed by atoms with Crippen LogP contribution < -0.4 is 0 Å². The molecule has 1 rings (SSSR count). The standard InChI is InChI=1S/C8H8BrClS/c1-6(5-10)4-8-7(9)2-3-11-8/h2-4H,5H2,1H3/b6-4-. The Bertz CT molecular complexity index is 265. The van der Waals surface area contributed by atoms with Crippen molar-refractivity contribution in [1.82, 2.24) is 0 Å². The van der Waals surface area contributed by atoms with Crippen molar-refractivity contribution in [2.45, 2.75) is 6.92 Å². The zero-order valence-corrected chi connectivity index (χ0v) is 9.26. The van der Waals surface area contributed by atoms with E-state index in [1.165, 1.54) is 10.5 Å². The molecule has 11 heavy (non-hydrogen) atoms. The van der Waals surface area contributed by atoms with Crippen LogP contribution in [-0.2, 0) is 0 Å². The first-order chi connectivity index (χ1) is 5.24. The second kappa shape index (κ2) is 4.29. The van der Waals surface area contributed by atoms with Gasteiger partial charge >= 0.3 is 0 Å². The van der Waals surface area contributed by atoms with Gasteiger partial charge in [0.15, 0.2) is 0 Å². The number of hydrogen-bond acceptors (Lipinski definition) is 1. The van der Waals surface area contributed by atoms with E-state index in [2.05, 4.69) is 27.4 Å². The summed E-state index contributed by atoms with van der Waals surface area (Å²) in [6.07, 6.45) is 2.10. The van der Waals surface area contributed by atoms with Gasteiger partial charge in [-0.05, 0) is 40.4 Å². The lowest BCUT2D eigenvalue weighted by Crippen LogP contribution is -1.74. The fraction of sp³-hybridized carbons (Fsp3) is 0.250. The van der Waals surface area contributed by atoms with Gasteiger partial charge in [-0.3, -0.25) is 0 Å². The Morgan fingerprint density at radius 1 is 1.82 bits per heavy atom. The second-order valence-electron chi connectivity index (χ2n) is 2.26. The number of halogens is 2. The van der Waals surface area contributed by atoms with Crippen LogP contribution in [-0.4, -0.2) is 5.88 Å². The van der Waals surface area contributed by atoms with Crippen LogP contribution in [0.3, 0.4) is 0 Å². The molecule has 0 unspecified atom stereocenters. The van der Waals surface area contributed by atoms with Gasteiger partial charge in [0.25, 0.3) is 0 Å². The fourth-order valence-corrected chi connectivity index (χ4v) is 2.25. The van der Waals surface area contributed by atoms with Crippen molar-refractivity contribution in [1.29, 1.82) is 0 Å². The molecule has 0 saturated heterocycles. The largest absolute Gasteiger partial charge is 0.143 e. The van der Waals surface area contributed by atoms with E-state index in [-0.39, 0.29) is 0 Å². The van der Waals surface area contributed by atoms with E-state index in [4.69, 9.17) is 11.6 Å². The number of allylic oxidation sites excluding steroid dienone is 1. The average Bonchev–Trinajstić information content (AvgIpc) is 2.37. The lowest BCUT2D eigenvalue weighted by molar-refractivity contribution is 1.43. The van der Waals surface area contributed by atoms with E-state index in [9.17, 15) is 0 Å². The maximum Gasteiger partial charge on any atom is 0.0434 e. The Kier molecular flexibility index (Phi) is 3.63. The molecular weight excluding hydrogens is 244 g/mol. The summed E-state index contributed by atoms with van der Waals surface area (Å²) >= 11 is 10.8. The minimum atomic E-state index is 0.602. The highest BCUT2D eigenvalue weighted by atomic mass is 79.9. The van der Waals surface area contributed by atoms with Crippen LogP contribution in [0.2, 0.25) is 0 Å². The summed E-state index contributed by atoms with van der Waals surface area (Å²) in [4.78, 5) is 1.24. The molecule has 0 aliphatic rings. The molecular formula is C8H8BrClS. The summed E-state index contributed by atoms with van der Waals surface area (Å²) in [5.41, 5.74) is 1.19. The van der Waals surface area contributed by atoms with E-state index >= 15 is 0 Å². The zero-order valence-electron chi connectivity index (χ0n) is 6.10. The minimum Gasteiger partial charge on any atom is -0.143 e. The maximum atomic E-state index is 5.64. The first kappa shape index (κ1) is 9.30. The minimum absolute atomic E-state index is 0.602. The summed E-state index contributed by atoms with van der Waals surface area (Å²) in [7, 11) is 0. The molecule has 0 saturated carbocycles. The molecule has 0 fully saturated rings. The molecule has 0 aromatic carbocycles. The third kappa shape index (κ3) is 2.62. The Balaban J connectivity index is 2.86. The summed E-state index contributed by atoms with van der Waals surface area (Å²) < 4.78 is 1.15. The highest BCUT2D eigenvalue weighted by Gasteiger charge is 1.96. The molecule has 3 heteroatoms. The molecule has 0 amide bonds. The van der Waals surface area contributed by atoms with E-state index in [1.54, 1.807) is 11.3 Å². The van der Waals surface area contributed by atoms with Gasteiger partial charge in [-0.15, -0.1) is 22.9 Å². The molecule has 0 bridgehead atoms. The monoisotopic (exact) mass is 250 g/mol. The summed E-state index contributed by atoms with van der Waals surface area (Å²) in [5, 5.41) is 2.05. The predicted molar refractivity (Wildman–Crippen MR) is 56.4 cm³/mol. The molecule has 60 valence electrons. The van der Waals surface area contributed by atoms with Gasteiger partial charge < -0.3 is 0 Å². The number of rotatable bonds is 2. The van der Waals surface area contributed by atoms with E-state index in [0.717, 1.165) is 4.47 Å². The highest BCUT2D eigenvalue weighted by molar-refractivity contribution is 9.10. The smallest absolute Gasteiger partial charge is 0.0434 e. The molecule has 0 atom stereocenters. The van der Waals surface area contributed by atoms with Gasteiger partial charge in [-0.25, -0.2) is 0 Å². The molecule has 0 N–H and O–H groups in total.